The topological polar surface area (TPSA) is 60.4 Å². The monoisotopic (exact) mass is 486 g/mol. The molecule has 0 bridgehead atoms. The van der Waals surface area contributed by atoms with Crippen molar-refractivity contribution in [3.05, 3.63) is 64.3 Å². The molecule has 5 heteroatoms. The van der Waals surface area contributed by atoms with Crippen LogP contribution in [0.5, 0.6) is 0 Å². The second-order valence-corrected chi connectivity index (χ2v) is 12.6. The Morgan fingerprint density at radius 2 is 1.71 bits per heavy atom. The second kappa shape index (κ2) is 12.0. The lowest BCUT2D eigenvalue weighted by atomic mass is 9.70. The van der Waals surface area contributed by atoms with Gasteiger partial charge in [-0.05, 0) is 95.4 Å². The summed E-state index contributed by atoms with van der Waals surface area (Å²) in [5.41, 5.74) is 5.49. The molecule has 0 saturated heterocycles. The summed E-state index contributed by atoms with van der Waals surface area (Å²) >= 11 is 0. The Morgan fingerprint density at radius 3 is 2.29 bits per heavy atom. The van der Waals surface area contributed by atoms with E-state index < -0.39 is 15.1 Å². The molecule has 4 nitrogen and oxygen atoms in total. The van der Waals surface area contributed by atoms with Crippen molar-refractivity contribution >= 4 is 15.8 Å². The molecule has 0 amide bonds. The summed E-state index contributed by atoms with van der Waals surface area (Å²) < 4.78 is 32.9. The summed E-state index contributed by atoms with van der Waals surface area (Å²) in [6.45, 7) is 14.2. The van der Waals surface area contributed by atoms with Crippen LogP contribution >= 0.6 is 0 Å². The molecule has 34 heavy (non-hydrogen) atoms. The predicted molar refractivity (Wildman–Crippen MR) is 140 cm³/mol. The van der Waals surface area contributed by atoms with Gasteiger partial charge in [0, 0.05) is 6.92 Å². The number of hydrogen-bond donors (Lipinski definition) is 0. The van der Waals surface area contributed by atoms with Gasteiger partial charge in [0.05, 0.1) is 10.1 Å². The molecule has 0 radical (unpaired) electrons. The number of carbonyl (C=O) groups excluding carboxylic acids is 1. The molecule has 0 aromatic heterocycles. The Hall–Kier alpha value is -2.14. The zero-order valence-electron chi connectivity index (χ0n) is 22.0. The molecule has 0 N–H and O–H groups in total. The van der Waals surface area contributed by atoms with E-state index in [1.807, 2.05) is 39.0 Å². The van der Waals surface area contributed by atoms with E-state index in [0.29, 0.717) is 17.9 Å². The highest BCUT2D eigenvalue weighted by Gasteiger charge is 2.40. The number of sulfone groups is 1. The van der Waals surface area contributed by atoms with Crippen molar-refractivity contribution in [3.63, 3.8) is 0 Å². The Kier molecular flexibility index (Phi) is 9.93. The van der Waals surface area contributed by atoms with Crippen molar-refractivity contribution in [1.82, 2.24) is 0 Å². The van der Waals surface area contributed by atoms with Crippen molar-refractivity contribution in [2.75, 3.05) is 6.61 Å². The average Bonchev–Trinajstić information content (AvgIpc) is 2.72. The van der Waals surface area contributed by atoms with Crippen LogP contribution in [0.2, 0.25) is 0 Å². The minimum Gasteiger partial charge on any atom is -0.462 e. The lowest BCUT2D eigenvalue weighted by molar-refractivity contribution is -0.139. The molecular weight excluding hydrogens is 444 g/mol. The summed E-state index contributed by atoms with van der Waals surface area (Å²) in [6.07, 6.45) is 9.34. The highest BCUT2D eigenvalue weighted by molar-refractivity contribution is 7.92. The molecule has 0 spiro atoms. The van der Waals surface area contributed by atoms with Gasteiger partial charge in [-0.1, -0.05) is 54.3 Å². The van der Waals surface area contributed by atoms with Crippen LogP contribution in [0.15, 0.2) is 63.6 Å². The van der Waals surface area contributed by atoms with E-state index in [-0.39, 0.29) is 11.4 Å². The molecule has 1 atom stereocenters. The van der Waals surface area contributed by atoms with Crippen LogP contribution in [0.1, 0.15) is 85.6 Å². The Balaban J connectivity index is 2.31. The number of allylic oxidation sites excluding steroid dienone is 4. The maximum absolute atomic E-state index is 14.0. The number of rotatable bonds is 10. The van der Waals surface area contributed by atoms with Crippen LogP contribution < -0.4 is 0 Å². The van der Waals surface area contributed by atoms with E-state index in [1.54, 1.807) is 12.1 Å². The summed E-state index contributed by atoms with van der Waals surface area (Å²) in [7, 11) is -3.54. The van der Waals surface area contributed by atoms with E-state index in [0.717, 1.165) is 54.4 Å². The van der Waals surface area contributed by atoms with E-state index in [9.17, 15) is 13.2 Å². The second-order valence-electron chi connectivity index (χ2n) is 10.4. The highest BCUT2D eigenvalue weighted by Crippen LogP contribution is 2.46. The molecule has 1 aromatic carbocycles. The van der Waals surface area contributed by atoms with Crippen LogP contribution in [-0.4, -0.2) is 26.2 Å². The Labute approximate surface area is 207 Å². The number of hydrogen-bond acceptors (Lipinski definition) is 4. The maximum atomic E-state index is 14.0. The molecule has 1 unspecified atom stereocenters. The molecule has 1 aliphatic rings. The smallest absolute Gasteiger partial charge is 0.302 e. The zero-order chi connectivity index (χ0) is 25.5. The highest BCUT2D eigenvalue weighted by atomic mass is 32.2. The SMILES string of the molecule is CC(=O)OC/C=C(\C)CC/C=C(/C)CC(C1=C(C)CCCC1(C)C)S(=O)(=O)c1ccc(C)cc1. The normalized spacial score (nSPS) is 18.1. The van der Waals surface area contributed by atoms with Crippen LogP contribution in [0.4, 0.5) is 0 Å². The first-order valence-corrected chi connectivity index (χ1v) is 13.8. The summed E-state index contributed by atoms with van der Waals surface area (Å²) in [4.78, 5) is 11.3. The number of ether oxygens (including phenoxy) is 1. The first kappa shape index (κ1) is 28.1. The quantitative estimate of drug-likeness (QED) is 0.257. The number of esters is 1. The van der Waals surface area contributed by atoms with Crippen molar-refractivity contribution in [3.8, 4) is 0 Å². The van der Waals surface area contributed by atoms with Gasteiger partial charge in [-0.25, -0.2) is 8.42 Å². The van der Waals surface area contributed by atoms with Crippen LogP contribution in [0.25, 0.3) is 0 Å². The van der Waals surface area contributed by atoms with E-state index in [1.165, 1.54) is 12.5 Å². The number of benzene rings is 1. The van der Waals surface area contributed by atoms with Crippen molar-refractivity contribution in [2.24, 2.45) is 5.41 Å². The van der Waals surface area contributed by atoms with Crippen molar-refractivity contribution in [1.29, 1.82) is 0 Å². The minimum atomic E-state index is -3.54. The Bertz CT molecular complexity index is 1050. The minimum absolute atomic E-state index is 0.138. The summed E-state index contributed by atoms with van der Waals surface area (Å²) in [5.74, 6) is -0.282. The summed E-state index contributed by atoms with van der Waals surface area (Å²) in [5, 5.41) is -0.553. The third-order valence-electron chi connectivity index (χ3n) is 6.85. The molecule has 1 aliphatic carbocycles. The van der Waals surface area contributed by atoms with Gasteiger partial charge < -0.3 is 4.74 Å². The fourth-order valence-corrected chi connectivity index (χ4v) is 7.09. The lowest BCUT2D eigenvalue weighted by Crippen LogP contribution is -2.34. The van der Waals surface area contributed by atoms with Gasteiger partial charge in [-0.2, -0.15) is 0 Å². The van der Waals surface area contributed by atoms with E-state index in [2.05, 4.69) is 26.8 Å². The van der Waals surface area contributed by atoms with Gasteiger partial charge in [0.2, 0.25) is 0 Å². The molecule has 0 heterocycles. The molecule has 0 saturated carbocycles. The molecular formula is C29H42O4S. The standard InChI is InChI=1S/C29H42O4S/c1-21(17-19-33-25(5)30)10-8-11-23(3)20-27(28-24(4)12-9-18-29(28,6)7)34(31,32)26-15-13-22(2)14-16-26/h11,13-17,27H,8-10,12,18-20H2,1-7H3/b21-17+,23-11-. The first-order chi connectivity index (χ1) is 15.8. The predicted octanol–water partition coefficient (Wildman–Crippen LogP) is 7.29. The van der Waals surface area contributed by atoms with Gasteiger partial charge in [-0.3, -0.25) is 4.79 Å². The maximum Gasteiger partial charge on any atom is 0.302 e. The molecule has 1 aromatic rings. The lowest BCUT2D eigenvalue weighted by Gasteiger charge is -2.39. The molecule has 188 valence electrons. The summed E-state index contributed by atoms with van der Waals surface area (Å²) in [6, 6.07) is 7.26. The van der Waals surface area contributed by atoms with Crippen LogP contribution in [-0.2, 0) is 19.4 Å². The molecule has 0 fully saturated rings. The largest absolute Gasteiger partial charge is 0.462 e. The van der Waals surface area contributed by atoms with Gasteiger partial charge in [-0.15, -0.1) is 0 Å². The third-order valence-corrected chi connectivity index (χ3v) is 8.93. The number of carbonyl (C=O) groups is 1. The average molecular weight is 487 g/mol. The van der Waals surface area contributed by atoms with Gasteiger partial charge in [0.1, 0.15) is 6.61 Å². The Morgan fingerprint density at radius 1 is 1.06 bits per heavy atom. The van der Waals surface area contributed by atoms with Gasteiger partial charge >= 0.3 is 5.97 Å². The van der Waals surface area contributed by atoms with Gasteiger partial charge in [0.25, 0.3) is 0 Å². The molecule has 2 rings (SSSR count). The van der Waals surface area contributed by atoms with Crippen molar-refractivity contribution < 1.29 is 17.9 Å². The molecule has 0 aliphatic heterocycles. The fourth-order valence-electron chi connectivity index (χ4n) is 4.94. The van der Waals surface area contributed by atoms with E-state index >= 15 is 0 Å². The van der Waals surface area contributed by atoms with Crippen LogP contribution in [0, 0.1) is 12.3 Å². The van der Waals surface area contributed by atoms with E-state index in [4.69, 9.17) is 4.74 Å². The van der Waals surface area contributed by atoms with Crippen molar-refractivity contribution in [2.45, 2.75) is 97.1 Å². The first-order valence-electron chi connectivity index (χ1n) is 12.3. The number of aryl methyl sites for hydroxylation is 1. The van der Waals surface area contributed by atoms with Crippen LogP contribution in [0.3, 0.4) is 0 Å². The third kappa shape index (κ3) is 7.69. The fraction of sp³-hybridized carbons (Fsp3) is 0.552. The zero-order valence-corrected chi connectivity index (χ0v) is 22.8. The van der Waals surface area contributed by atoms with Gasteiger partial charge in [0.15, 0.2) is 9.84 Å².